The lowest BCUT2D eigenvalue weighted by Crippen LogP contribution is -2.16. The Bertz CT molecular complexity index is 934. The summed E-state index contributed by atoms with van der Waals surface area (Å²) >= 11 is 1.54. The van der Waals surface area contributed by atoms with Crippen LogP contribution in [0.1, 0.15) is 33.8 Å². The van der Waals surface area contributed by atoms with E-state index in [0.29, 0.717) is 16.2 Å². The molecule has 1 aliphatic carbocycles. The summed E-state index contributed by atoms with van der Waals surface area (Å²) in [5, 5.41) is 4.20. The van der Waals surface area contributed by atoms with Gasteiger partial charge in [0.1, 0.15) is 0 Å². The second-order valence-corrected chi connectivity index (χ2v) is 6.73. The number of para-hydroxylation sites is 1. The highest BCUT2D eigenvalue weighted by Crippen LogP contribution is 2.30. The number of anilines is 1. The van der Waals surface area contributed by atoms with Crippen LogP contribution in [0.15, 0.2) is 35.1 Å². The van der Waals surface area contributed by atoms with Crippen LogP contribution in [0.4, 0.5) is 5.13 Å². The fourth-order valence-corrected chi connectivity index (χ4v) is 4.01. The Hall–Kier alpha value is -2.47. The first-order valence-corrected chi connectivity index (χ1v) is 8.44. The third-order valence-corrected chi connectivity index (χ3v) is 5.13. The van der Waals surface area contributed by atoms with E-state index in [-0.39, 0.29) is 11.5 Å². The van der Waals surface area contributed by atoms with Gasteiger partial charge in [0.05, 0.1) is 11.3 Å². The molecule has 3 aromatic rings. The number of hydrogen-bond acceptors (Lipinski definition) is 4. The quantitative estimate of drug-likeness (QED) is 0.760. The molecule has 0 fully saturated rings. The van der Waals surface area contributed by atoms with Crippen LogP contribution in [0.3, 0.4) is 0 Å². The number of nitrogens with zero attached hydrogens (tertiary/aromatic N) is 1. The van der Waals surface area contributed by atoms with Crippen LogP contribution in [0.25, 0.3) is 10.9 Å². The van der Waals surface area contributed by atoms with Crippen molar-refractivity contribution in [2.45, 2.75) is 25.7 Å². The Morgan fingerprint density at radius 1 is 1.22 bits per heavy atom. The third-order valence-electron chi connectivity index (χ3n) is 4.06. The topological polar surface area (TPSA) is 74.8 Å². The molecule has 0 atom stereocenters. The second-order valence-electron chi connectivity index (χ2n) is 5.64. The van der Waals surface area contributed by atoms with Crippen molar-refractivity contribution in [1.29, 1.82) is 0 Å². The van der Waals surface area contributed by atoms with E-state index in [1.54, 1.807) is 6.07 Å². The van der Waals surface area contributed by atoms with E-state index in [4.69, 9.17) is 0 Å². The number of carbonyl (C=O) groups excluding carboxylic acids is 1. The van der Waals surface area contributed by atoms with Crippen molar-refractivity contribution in [1.82, 2.24) is 9.97 Å². The maximum atomic E-state index is 12.6. The average Bonchev–Trinajstić information content (AvgIpc) is 2.96. The molecule has 1 amide bonds. The number of benzene rings is 1. The molecule has 6 heteroatoms. The number of amides is 1. The maximum Gasteiger partial charge on any atom is 0.258 e. The number of aromatic nitrogens is 2. The molecule has 0 aliphatic heterocycles. The van der Waals surface area contributed by atoms with Crippen LogP contribution in [0, 0.1) is 0 Å². The SMILES string of the molecule is O=C(Nc1nc2c(s1)CCCC2)c1cc(=O)[nH]c2ccccc12. The summed E-state index contributed by atoms with van der Waals surface area (Å²) < 4.78 is 0. The molecule has 0 radical (unpaired) electrons. The summed E-state index contributed by atoms with van der Waals surface area (Å²) in [6.45, 7) is 0. The number of aryl methyl sites for hydroxylation is 2. The fourth-order valence-electron chi connectivity index (χ4n) is 2.96. The van der Waals surface area contributed by atoms with E-state index in [1.165, 1.54) is 28.7 Å². The molecule has 0 bridgehead atoms. The number of rotatable bonds is 2. The van der Waals surface area contributed by atoms with E-state index in [9.17, 15) is 9.59 Å². The summed E-state index contributed by atoms with van der Waals surface area (Å²) in [6.07, 6.45) is 4.36. The first kappa shape index (κ1) is 14.1. The summed E-state index contributed by atoms with van der Waals surface area (Å²) in [5.74, 6) is -0.293. The minimum Gasteiger partial charge on any atom is -0.322 e. The van der Waals surface area contributed by atoms with Gasteiger partial charge in [0.2, 0.25) is 5.56 Å². The number of H-pyrrole nitrogens is 1. The largest absolute Gasteiger partial charge is 0.322 e. The molecule has 1 aliphatic rings. The van der Waals surface area contributed by atoms with Crippen LogP contribution in [0.5, 0.6) is 0 Å². The van der Waals surface area contributed by atoms with Gasteiger partial charge in [0.25, 0.3) is 5.91 Å². The van der Waals surface area contributed by atoms with E-state index >= 15 is 0 Å². The van der Waals surface area contributed by atoms with Crippen molar-refractivity contribution in [2.75, 3.05) is 5.32 Å². The van der Waals surface area contributed by atoms with Crippen molar-refractivity contribution < 1.29 is 4.79 Å². The highest BCUT2D eigenvalue weighted by Gasteiger charge is 2.18. The van der Waals surface area contributed by atoms with Gasteiger partial charge in [-0.15, -0.1) is 11.3 Å². The van der Waals surface area contributed by atoms with E-state index < -0.39 is 0 Å². The van der Waals surface area contributed by atoms with Gasteiger partial charge in [0.15, 0.2) is 5.13 Å². The average molecular weight is 325 g/mol. The monoisotopic (exact) mass is 325 g/mol. The lowest BCUT2D eigenvalue weighted by molar-refractivity contribution is 0.102. The standard InChI is InChI=1S/C17H15N3O2S/c21-15-9-11(10-5-1-2-6-12(10)18-15)16(22)20-17-19-13-7-3-4-8-14(13)23-17/h1-2,5-6,9H,3-4,7-8H2,(H,18,21)(H,19,20,22). The molecule has 0 spiro atoms. The Kier molecular flexibility index (Phi) is 3.46. The Balaban J connectivity index is 1.69. The van der Waals surface area contributed by atoms with Crippen molar-refractivity contribution in [3.63, 3.8) is 0 Å². The van der Waals surface area contributed by atoms with Crippen LogP contribution >= 0.6 is 11.3 Å². The lowest BCUT2D eigenvalue weighted by atomic mass is 10.0. The highest BCUT2D eigenvalue weighted by molar-refractivity contribution is 7.15. The van der Waals surface area contributed by atoms with Crippen LogP contribution in [-0.2, 0) is 12.8 Å². The highest BCUT2D eigenvalue weighted by atomic mass is 32.1. The summed E-state index contributed by atoms with van der Waals surface area (Å²) in [4.78, 5) is 32.9. The zero-order valence-corrected chi connectivity index (χ0v) is 13.2. The number of aromatic amines is 1. The van der Waals surface area contributed by atoms with Gasteiger partial charge >= 0.3 is 0 Å². The summed E-state index contributed by atoms with van der Waals surface area (Å²) in [6, 6.07) is 8.63. The minimum absolute atomic E-state index is 0.285. The molecular formula is C17H15N3O2S. The Morgan fingerprint density at radius 3 is 2.91 bits per heavy atom. The molecule has 2 heterocycles. The number of carbonyl (C=O) groups is 1. The summed E-state index contributed by atoms with van der Waals surface area (Å²) in [7, 11) is 0. The number of thiazole rings is 1. The lowest BCUT2D eigenvalue weighted by Gasteiger charge is -2.06. The molecule has 2 aromatic heterocycles. The molecule has 0 saturated carbocycles. The molecule has 116 valence electrons. The predicted octanol–water partition coefficient (Wildman–Crippen LogP) is 3.12. The van der Waals surface area contributed by atoms with Crippen LogP contribution in [-0.4, -0.2) is 15.9 Å². The predicted molar refractivity (Wildman–Crippen MR) is 91.3 cm³/mol. The Morgan fingerprint density at radius 2 is 2.04 bits per heavy atom. The van der Waals surface area contributed by atoms with Crippen LogP contribution in [0.2, 0.25) is 0 Å². The first-order chi connectivity index (χ1) is 11.2. The van der Waals surface area contributed by atoms with Crippen LogP contribution < -0.4 is 10.9 Å². The fraction of sp³-hybridized carbons (Fsp3) is 0.235. The zero-order valence-electron chi connectivity index (χ0n) is 12.4. The maximum absolute atomic E-state index is 12.6. The normalized spacial score (nSPS) is 13.7. The van der Waals surface area contributed by atoms with Gasteiger partial charge in [0, 0.05) is 21.8 Å². The zero-order chi connectivity index (χ0) is 15.8. The molecule has 2 N–H and O–H groups in total. The van der Waals surface area contributed by atoms with E-state index in [0.717, 1.165) is 30.3 Å². The number of fused-ring (bicyclic) bond motifs is 2. The van der Waals surface area contributed by atoms with Crippen molar-refractivity contribution in [3.8, 4) is 0 Å². The van der Waals surface area contributed by atoms with E-state index in [1.807, 2.05) is 18.2 Å². The van der Waals surface area contributed by atoms with Gasteiger partial charge in [-0.1, -0.05) is 18.2 Å². The molecule has 5 nitrogen and oxygen atoms in total. The molecular weight excluding hydrogens is 310 g/mol. The van der Waals surface area contributed by atoms with Gasteiger partial charge in [-0.3, -0.25) is 14.9 Å². The van der Waals surface area contributed by atoms with Gasteiger partial charge in [-0.2, -0.15) is 0 Å². The molecule has 23 heavy (non-hydrogen) atoms. The first-order valence-electron chi connectivity index (χ1n) is 7.63. The molecule has 0 unspecified atom stereocenters. The van der Waals surface area contributed by atoms with Crippen molar-refractivity contribution in [3.05, 3.63) is 56.8 Å². The smallest absolute Gasteiger partial charge is 0.258 e. The van der Waals surface area contributed by atoms with Gasteiger partial charge < -0.3 is 4.98 Å². The molecule has 4 rings (SSSR count). The van der Waals surface area contributed by atoms with Crippen molar-refractivity contribution in [2.24, 2.45) is 0 Å². The third kappa shape index (κ3) is 2.66. The van der Waals surface area contributed by atoms with Gasteiger partial charge in [-0.05, 0) is 31.7 Å². The summed E-state index contributed by atoms with van der Waals surface area (Å²) in [5.41, 5.74) is 1.85. The second kappa shape index (κ2) is 5.62. The van der Waals surface area contributed by atoms with E-state index in [2.05, 4.69) is 15.3 Å². The van der Waals surface area contributed by atoms with Gasteiger partial charge in [-0.25, -0.2) is 4.98 Å². The molecule has 1 aromatic carbocycles. The number of pyridine rings is 1. The number of nitrogens with one attached hydrogen (secondary N) is 2. The minimum atomic E-state index is -0.293. The molecule has 0 saturated heterocycles. The van der Waals surface area contributed by atoms with Crippen molar-refractivity contribution >= 4 is 33.3 Å². The number of hydrogen-bond donors (Lipinski definition) is 2. The Labute approximate surface area is 136 Å².